The van der Waals surface area contributed by atoms with Gasteiger partial charge in [0, 0.05) is 64.2 Å². The van der Waals surface area contributed by atoms with Gasteiger partial charge in [-0.3, -0.25) is 0 Å². The SMILES string of the molecule is c1ccc(-n2c3ccccc3c3cc(-c4cccc(N(c5ccccc5-c5cccc6c5sc5ccccc56)c5cccc6oc7c8ccccc8ccc7c56)c4)ccc32)cc1. The van der Waals surface area contributed by atoms with Crippen LogP contribution in [0.4, 0.5) is 17.1 Å². The third-order valence-corrected chi connectivity index (χ3v) is 13.8. The van der Waals surface area contributed by atoms with Crippen molar-refractivity contribution in [2.75, 3.05) is 4.90 Å². The van der Waals surface area contributed by atoms with Crippen LogP contribution in [0.25, 0.3) is 103 Å². The average Bonchev–Trinajstić information content (AvgIpc) is 4.02. The molecule has 13 aromatic rings. The molecule has 0 atom stereocenters. The molecule has 0 radical (unpaired) electrons. The van der Waals surface area contributed by atoms with Crippen molar-refractivity contribution in [3.05, 3.63) is 218 Å². The zero-order valence-corrected chi connectivity index (χ0v) is 34.3. The zero-order chi connectivity index (χ0) is 40.7. The van der Waals surface area contributed by atoms with Gasteiger partial charge in [-0.1, -0.05) is 146 Å². The number of benzene rings is 10. The molecular formula is C58H36N2OS. The molecule has 3 heterocycles. The van der Waals surface area contributed by atoms with E-state index in [2.05, 4.69) is 228 Å². The van der Waals surface area contributed by atoms with Crippen molar-refractivity contribution >= 4 is 103 Å². The first kappa shape index (κ1) is 34.9. The first-order valence-corrected chi connectivity index (χ1v) is 21.9. The summed E-state index contributed by atoms with van der Waals surface area (Å²) >= 11 is 1.87. The van der Waals surface area contributed by atoms with Gasteiger partial charge in [0.25, 0.3) is 0 Å². The number of aromatic nitrogens is 1. The number of anilines is 3. The van der Waals surface area contributed by atoms with Gasteiger partial charge in [-0.15, -0.1) is 11.3 Å². The Balaban J connectivity index is 1.06. The lowest BCUT2D eigenvalue weighted by Crippen LogP contribution is -2.11. The maximum atomic E-state index is 6.81. The molecule has 0 aliphatic carbocycles. The van der Waals surface area contributed by atoms with Crippen LogP contribution in [0.1, 0.15) is 0 Å². The molecule has 0 unspecified atom stereocenters. The number of para-hydroxylation sites is 3. The van der Waals surface area contributed by atoms with E-state index in [1.54, 1.807) is 0 Å². The third-order valence-electron chi connectivity index (χ3n) is 12.6. The number of hydrogen-bond donors (Lipinski definition) is 0. The van der Waals surface area contributed by atoms with Crippen LogP contribution in [0.2, 0.25) is 0 Å². The Labute approximate surface area is 361 Å². The van der Waals surface area contributed by atoms with Crippen molar-refractivity contribution in [1.82, 2.24) is 4.57 Å². The summed E-state index contributed by atoms with van der Waals surface area (Å²) in [5, 5.41) is 9.50. The van der Waals surface area contributed by atoms with Crippen LogP contribution in [0.3, 0.4) is 0 Å². The number of thiophene rings is 1. The fraction of sp³-hybridized carbons (Fsp3) is 0. The summed E-state index contributed by atoms with van der Waals surface area (Å²) < 4.78 is 11.8. The number of fused-ring (bicyclic) bond motifs is 11. The molecule has 4 heteroatoms. The van der Waals surface area contributed by atoms with E-state index < -0.39 is 0 Å². The minimum absolute atomic E-state index is 0.861. The molecule has 3 nitrogen and oxygen atoms in total. The molecule has 0 saturated carbocycles. The number of hydrogen-bond acceptors (Lipinski definition) is 3. The average molecular weight is 809 g/mol. The van der Waals surface area contributed by atoms with Gasteiger partial charge in [0.05, 0.1) is 27.8 Å². The highest BCUT2D eigenvalue weighted by Crippen LogP contribution is 2.49. The van der Waals surface area contributed by atoms with Crippen molar-refractivity contribution < 1.29 is 4.42 Å². The van der Waals surface area contributed by atoms with Crippen LogP contribution in [0, 0.1) is 0 Å². The van der Waals surface area contributed by atoms with Crippen molar-refractivity contribution in [2.45, 2.75) is 0 Å². The van der Waals surface area contributed by atoms with Crippen molar-refractivity contribution in [1.29, 1.82) is 0 Å². The fourth-order valence-corrected chi connectivity index (χ4v) is 11.0. The normalized spacial score (nSPS) is 11.9. The van der Waals surface area contributed by atoms with E-state index in [1.807, 2.05) is 11.3 Å². The molecule has 0 spiro atoms. The lowest BCUT2D eigenvalue weighted by Gasteiger charge is -2.29. The molecule has 0 saturated heterocycles. The van der Waals surface area contributed by atoms with Gasteiger partial charge in [0.2, 0.25) is 0 Å². The lowest BCUT2D eigenvalue weighted by molar-refractivity contribution is 0.672. The van der Waals surface area contributed by atoms with Gasteiger partial charge in [-0.25, -0.2) is 0 Å². The zero-order valence-electron chi connectivity index (χ0n) is 33.5. The van der Waals surface area contributed by atoms with Gasteiger partial charge < -0.3 is 13.9 Å². The molecule has 290 valence electrons. The van der Waals surface area contributed by atoms with Crippen LogP contribution < -0.4 is 4.90 Å². The van der Waals surface area contributed by atoms with E-state index in [4.69, 9.17) is 4.42 Å². The smallest absolute Gasteiger partial charge is 0.143 e. The highest BCUT2D eigenvalue weighted by Gasteiger charge is 2.24. The van der Waals surface area contributed by atoms with Gasteiger partial charge in [-0.2, -0.15) is 0 Å². The van der Waals surface area contributed by atoms with Crippen LogP contribution in [-0.2, 0) is 0 Å². The predicted molar refractivity (Wildman–Crippen MR) is 264 cm³/mol. The van der Waals surface area contributed by atoms with Gasteiger partial charge in [-0.05, 0) is 89.3 Å². The van der Waals surface area contributed by atoms with E-state index in [0.29, 0.717) is 0 Å². The monoisotopic (exact) mass is 808 g/mol. The number of nitrogens with zero attached hydrogens (tertiary/aromatic N) is 2. The summed E-state index contributed by atoms with van der Waals surface area (Å²) in [4.78, 5) is 2.46. The maximum absolute atomic E-state index is 6.81. The first-order chi connectivity index (χ1) is 30.8. The Bertz CT molecular complexity index is 3890. The van der Waals surface area contributed by atoms with E-state index >= 15 is 0 Å². The van der Waals surface area contributed by atoms with E-state index in [1.165, 1.54) is 53.1 Å². The molecule has 10 aromatic carbocycles. The second kappa shape index (κ2) is 13.8. The summed E-state index contributed by atoms with van der Waals surface area (Å²) in [6.45, 7) is 0. The van der Waals surface area contributed by atoms with Crippen molar-refractivity contribution in [3.63, 3.8) is 0 Å². The molecule has 0 amide bonds. The first-order valence-electron chi connectivity index (χ1n) is 21.1. The number of rotatable bonds is 6. The van der Waals surface area contributed by atoms with Crippen LogP contribution in [0.5, 0.6) is 0 Å². The molecule has 0 N–H and O–H groups in total. The summed E-state index contributed by atoms with van der Waals surface area (Å²) in [6.07, 6.45) is 0. The summed E-state index contributed by atoms with van der Waals surface area (Å²) in [5.74, 6) is 0. The van der Waals surface area contributed by atoms with Crippen LogP contribution in [-0.4, -0.2) is 4.57 Å². The Morgan fingerprint density at radius 1 is 0.419 bits per heavy atom. The summed E-state index contributed by atoms with van der Waals surface area (Å²) in [6, 6.07) is 79.2. The molecule has 13 rings (SSSR count). The molecule has 0 bridgehead atoms. The Morgan fingerprint density at radius 3 is 2.05 bits per heavy atom. The van der Waals surface area contributed by atoms with Gasteiger partial charge in [0.1, 0.15) is 11.2 Å². The van der Waals surface area contributed by atoms with Gasteiger partial charge >= 0.3 is 0 Å². The Morgan fingerprint density at radius 2 is 1.11 bits per heavy atom. The molecular weight excluding hydrogens is 773 g/mol. The molecule has 0 aliphatic rings. The minimum Gasteiger partial charge on any atom is -0.455 e. The molecule has 3 aromatic heterocycles. The minimum atomic E-state index is 0.861. The highest BCUT2D eigenvalue weighted by molar-refractivity contribution is 7.26. The van der Waals surface area contributed by atoms with Crippen LogP contribution in [0.15, 0.2) is 223 Å². The standard InChI is InChI=1S/C58H36N2OS/c1-2-17-40(18-3-1)59-51-27-10-7-22-44(51)49-36-39(32-34-52(49)59)38-16-12-19-41(35-38)60(53-28-14-29-54-56(53)48-33-31-37-15-4-5-20-42(37)57(48)61-54)50-26-9-6-21-43(50)46-24-13-25-47-45-23-8-11-30-55(45)62-58(46)47/h1-36H. The topological polar surface area (TPSA) is 21.3 Å². The van der Waals surface area contributed by atoms with Crippen molar-refractivity contribution in [3.8, 4) is 27.9 Å². The summed E-state index contributed by atoms with van der Waals surface area (Å²) in [5.41, 5.74) is 13.2. The highest BCUT2D eigenvalue weighted by atomic mass is 32.1. The van der Waals surface area contributed by atoms with Crippen LogP contribution >= 0.6 is 11.3 Å². The fourth-order valence-electron chi connectivity index (χ4n) is 9.82. The van der Waals surface area contributed by atoms with E-state index in [-0.39, 0.29) is 0 Å². The molecule has 0 aliphatic heterocycles. The third kappa shape index (κ3) is 5.30. The second-order valence-corrected chi connectivity index (χ2v) is 17.1. The quantitative estimate of drug-likeness (QED) is 0.167. The van der Waals surface area contributed by atoms with E-state index in [0.717, 1.165) is 66.6 Å². The Hall–Kier alpha value is -7.92. The number of furan rings is 1. The molecule has 0 fully saturated rings. The maximum Gasteiger partial charge on any atom is 0.143 e. The van der Waals surface area contributed by atoms with Crippen molar-refractivity contribution in [2.24, 2.45) is 0 Å². The van der Waals surface area contributed by atoms with Gasteiger partial charge in [0.15, 0.2) is 0 Å². The molecule has 62 heavy (non-hydrogen) atoms. The summed E-state index contributed by atoms with van der Waals surface area (Å²) in [7, 11) is 0. The lowest BCUT2D eigenvalue weighted by atomic mass is 9.98. The van der Waals surface area contributed by atoms with E-state index in [9.17, 15) is 0 Å². The predicted octanol–water partition coefficient (Wildman–Crippen LogP) is 17.0. The second-order valence-electron chi connectivity index (χ2n) is 16.0. The largest absolute Gasteiger partial charge is 0.455 e. The Kier molecular flexibility index (Phi) is 7.78.